The molecule has 0 radical (unpaired) electrons. The van der Waals surface area contributed by atoms with Crippen molar-refractivity contribution in [3.8, 4) is 5.75 Å². The summed E-state index contributed by atoms with van der Waals surface area (Å²) in [7, 11) is 0. The molecule has 1 aliphatic heterocycles. The second-order valence-corrected chi connectivity index (χ2v) is 8.32. The molecule has 3 aromatic carbocycles. The molecule has 6 nitrogen and oxygen atoms in total. The molecule has 34 heavy (non-hydrogen) atoms. The van der Waals surface area contributed by atoms with Gasteiger partial charge in [0.1, 0.15) is 12.3 Å². The van der Waals surface area contributed by atoms with E-state index in [1.807, 2.05) is 84.6 Å². The summed E-state index contributed by atoms with van der Waals surface area (Å²) in [6.45, 7) is 4.82. The van der Waals surface area contributed by atoms with E-state index < -0.39 is 0 Å². The Labute approximate surface area is 201 Å². The highest BCUT2D eigenvalue weighted by Gasteiger charge is 2.32. The van der Waals surface area contributed by atoms with Gasteiger partial charge in [-0.15, -0.1) is 0 Å². The summed E-state index contributed by atoms with van der Waals surface area (Å²) in [5.41, 5.74) is 3.08. The van der Waals surface area contributed by atoms with Crippen LogP contribution in [0.3, 0.4) is 0 Å². The maximum Gasteiger partial charge on any atom is 0.325 e. The second-order valence-electron chi connectivity index (χ2n) is 8.32. The monoisotopic (exact) mass is 457 g/mol. The second kappa shape index (κ2) is 11.4. The number of benzene rings is 3. The molecule has 3 aromatic rings. The van der Waals surface area contributed by atoms with Crippen molar-refractivity contribution in [2.24, 2.45) is 0 Å². The molecule has 3 amide bonds. The smallest absolute Gasteiger partial charge is 0.325 e. The van der Waals surface area contributed by atoms with Crippen LogP contribution in [0.4, 0.5) is 10.5 Å². The molecule has 0 unspecified atom stereocenters. The molecule has 1 heterocycles. The van der Waals surface area contributed by atoms with Gasteiger partial charge in [-0.3, -0.25) is 9.69 Å². The zero-order valence-electron chi connectivity index (χ0n) is 19.6. The molecular formula is C28H31N3O3. The van der Waals surface area contributed by atoms with E-state index in [0.29, 0.717) is 32.8 Å². The minimum atomic E-state index is -0.139. The third kappa shape index (κ3) is 5.95. The van der Waals surface area contributed by atoms with Crippen molar-refractivity contribution < 1.29 is 14.3 Å². The number of urea groups is 1. The van der Waals surface area contributed by atoms with E-state index in [4.69, 9.17) is 4.74 Å². The number of rotatable bonds is 10. The van der Waals surface area contributed by atoms with Crippen molar-refractivity contribution in [2.75, 3.05) is 37.7 Å². The average Bonchev–Trinajstić information content (AvgIpc) is 3.23. The minimum absolute atomic E-state index is 0.0401. The van der Waals surface area contributed by atoms with E-state index in [-0.39, 0.29) is 18.5 Å². The van der Waals surface area contributed by atoms with Crippen LogP contribution in [-0.4, -0.2) is 54.5 Å². The number of carbonyl (C=O) groups excluding carboxylic acids is 2. The molecule has 0 N–H and O–H groups in total. The average molecular weight is 458 g/mol. The SMILES string of the molecule is CCOc1ccc(N2CCN(CC(=O)N(CCc3ccccc3)Cc3ccccc3)C2=O)cc1. The predicted octanol–water partition coefficient (Wildman–Crippen LogP) is 4.60. The van der Waals surface area contributed by atoms with Gasteiger partial charge in [-0.1, -0.05) is 60.7 Å². The van der Waals surface area contributed by atoms with Crippen molar-refractivity contribution in [3.05, 3.63) is 96.1 Å². The normalized spacial score (nSPS) is 13.3. The van der Waals surface area contributed by atoms with Crippen molar-refractivity contribution in [1.29, 1.82) is 0 Å². The Morgan fingerprint density at radius 2 is 1.53 bits per heavy atom. The van der Waals surface area contributed by atoms with Crippen LogP contribution < -0.4 is 9.64 Å². The van der Waals surface area contributed by atoms with Crippen molar-refractivity contribution in [2.45, 2.75) is 19.9 Å². The Morgan fingerprint density at radius 3 is 2.18 bits per heavy atom. The number of carbonyl (C=O) groups is 2. The summed E-state index contributed by atoms with van der Waals surface area (Å²) < 4.78 is 5.49. The summed E-state index contributed by atoms with van der Waals surface area (Å²) in [5.74, 6) is 0.738. The molecule has 0 atom stereocenters. The van der Waals surface area contributed by atoms with E-state index in [0.717, 1.165) is 23.4 Å². The fraction of sp³-hybridized carbons (Fsp3) is 0.286. The summed E-state index contributed by atoms with van der Waals surface area (Å²) in [6, 6.07) is 27.5. The molecule has 1 fully saturated rings. The quantitative estimate of drug-likeness (QED) is 0.447. The van der Waals surface area contributed by atoms with Crippen LogP contribution in [0, 0.1) is 0 Å². The van der Waals surface area contributed by atoms with Crippen LogP contribution in [0.25, 0.3) is 0 Å². The Hall–Kier alpha value is -3.80. The van der Waals surface area contributed by atoms with Crippen molar-refractivity contribution in [3.63, 3.8) is 0 Å². The van der Waals surface area contributed by atoms with E-state index in [2.05, 4.69) is 12.1 Å². The first-order valence-corrected chi connectivity index (χ1v) is 11.8. The number of amides is 3. The molecule has 0 aromatic heterocycles. The van der Waals surface area contributed by atoms with E-state index in [1.54, 1.807) is 9.80 Å². The molecule has 0 spiro atoms. The first kappa shape index (κ1) is 23.4. The van der Waals surface area contributed by atoms with Crippen LogP contribution in [0.15, 0.2) is 84.9 Å². The highest BCUT2D eigenvalue weighted by atomic mass is 16.5. The molecule has 1 aliphatic rings. The van der Waals surface area contributed by atoms with Crippen LogP contribution >= 0.6 is 0 Å². The fourth-order valence-electron chi connectivity index (χ4n) is 4.13. The number of hydrogen-bond acceptors (Lipinski definition) is 3. The van der Waals surface area contributed by atoms with Crippen LogP contribution in [0.1, 0.15) is 18.1 Å². The lowest BCUT2D eigenvalue weighted by molar-refractivity contribution is -0.132. The zero-order chi connectivity index (χ0) is 23.8. The van der Waals surface area contributed by atoms with Crippen LogP contribution in [0.5, 0.6) is 5.75 Å². The fourth-order valence-corrected chi connectivity index (χ4v) is 4.13. The van der Waals surface area contributed by atoms with Gasteiger partial charge in [0.2, 0.25) is 5.91 Å². The third-order valence-corrected chi connectivity index (χ3v) is 5.96. The molecule has 6 heteroatoms. The van der Waals surface area contributed by atoms with Gasteiger partial charge in [0, 0.05) is 31.9 Å². The topological polar surface area (TPSA) is 53.1 Å². The van der Waals surface area contributed by atoms with Gasteiger partial charge < -0.3 is 14.5 Å². The first-order chi connectivity index (χ1) is 16.6. The summed E-state index contributed by atoms with van der Waals surface area (Å²) in [5, 5.41) is 0. The van der Waals surface area contributed by atoms with Gasteiger partial charge in [0.05, 0.1) is 6.61 Å². The molecule has 176 valence electrons. The Bertz CT molecular complexity index is 1070. The maximum absolute atomic E-state index is 13.3. The highest BCUT2D eigenvalue weighted by molar-refractivity contribution is 5.96. The van der Waals surface area contributed by atoms with Gasteiger partial charge in [0.15, 0.2) is 0 Å². The van der Waals surface area contributed by atoms with Gasteiger partial charge in [0.25, 0.3) is 0 Å². The van der Waals surface area contributed by atoms with Gasteiger partial charge in [-0.25, -0.2) is 4.79 Å². The van der Waals surface area contributed by atoms with Crippen molar-refractivity contribution >= 4 is 17.6 Å². The predicted molar refractivity (Wildman–Crippen MR) is 134 cm³/mol. The number of ether oxygens (including phenoxy) is 1. The van der Waals surface area contributed by atoms with Gasteiger partial charge in [-0.2, -0.15) is 0 Å². The maximum atomic E-state index is 13.3. The Balaban J connectivity index is 1.41. The molecule has 0 saturated carbocycles. The summed E-state index contributed by atoms with van der Waals surface area (Å²) in [4.78, 5) is 31.6. The lowest BCUT2D eigenvalue weighted by atomic mass is 10.1. The Morgan fingerprint density at radius 1 is 0.882 bits per heavy atom. The Kier molecular flexibility index (Phi) is 7.81. The minimum Gasteiger partial charge on any atom is -0.494 e. The van der Waals surface area contributed by atoms with Gasteiger partial charge in [-0.05, 0) is 48.7 Å². The number of anilines is 1. The van der Waals surface area contributed by atoms with Crippen LogP contribution in [0.2, 0.25) is 0 Å². The van der Waals surface area contributed by atoms with Gasteiger partial charge >= 0.3 is 6.03 Å². The molecule has 0 aliphatic carbocycles. The third-order valence-electron chi connectivity index (χ3n) is 5.96. The van der Waals surface area contributed by atoms with E-state index in [1.165, 1.54) is 5.56 Å². The lowest BCUT2D eigenvalue weighted by Gasteiger charge is -2.26. The first-order valence-electron chi connectivity index (χ1n) is 11.8. The number of hydrogen-bond donors (Lipinski definition) is 0. The molecule has 0 bridgehead atoms. The molecular weight excluding hydrogens is 426 g/mol. The molecule has 1 saturated heterocycles. The highest BCUT2D eigenvalue weighted by Crippen LogP contribution is 2.23. The summed E-state index contributed by atoms with van der Waals surface area (Å²) in [6.07, 6.45) is 0.770. The lowest BCUT2D eigenvalue weighted by Crippen LogP contribution is -2.42. The summed E-state index contributed by atoms with van der Waals surface area (Å²) >= 11 is 0. The largest absolute Gasteiger partial charge is 0.494 e. The van der Waals surface area contributed by atoms with Crippen molar-refractivity contribution in [1.82, 2.24) is 9.80 Å². The van der Waals surface area contributed by atoms with E-state index in [9.17, 15) is 9.59 Å². The van der Waals surface area contributed by atoms with Crippen LogP contribution in [-0.2, 0) is 17.8 Å². The van der Waals surface area contributed by atoms with E-state index >= 15 is 0 Å². The standard InChI is InChI=1S/C28H31N3O3/c1-2-34-26-15-13-25(14-16-26)31-20-19-30(28(31)33)22-27(32)29(21-24-11-7-4-8-12-24)18-17-23-9-5-3-6-10-23/h3-16H,2,17-22H2,1H3. The molecule has 4 rings (SSSR count). The number of nitrogens with zero attached hydrogens (tertiary/aromatic N) is 3. The zero-order valence-corrected chi connectivity index (χ0v) is 19.6.